The van der Waals surface area contributed by atoms with Crippen molar-refractivity contribution in [3.8, 4) is 0 Å². The van der Waals surface area contributed by atoms with Gasteiger partial charge in [0, 0.05) is 31.7 Å². The third-order valence-corrected chi connectivity index (χ3v) is 3.60. The highest BCUT2D eigenvalue weighted by Gasteiger charge is 2.33. The Labute approximate surface area is 127 Å². The van der Waals surface area contributed by atoms with Crippen molar-refractivity contribution in [2.45, 2.75) is 20.3 Å². The number of rotatable bonds is 5. The second-order valence-electron chi connectivity index (χ2n) is 6.34. The van der Waals surface area contributed by atoms with Crippen molar-refractivity contribution >= 4 is 12.6 Å². The van der Waals surface area contributed by atoms with Gasteiger partial charge in [-0.1, -0.05) is 49.8 Å². The van der Waals surface area contributed by atoms with Crippen LogP contribution in [0, 0.1) is 5.41 Å². The number of benzene rings is 1. The van der Waals surface area contributed by atoms with Crippen LogP contribution in [0.2, 0.25) is 0 Å². The van der Waals surface area contributed by atoms with E-state index in [0.717, 1.165) is 30.7 Å². The van der Waals surface area contributed by atoms with Gasteiger partial charge in [0.2, 0.25) is 0 Å². The fourth-order valence-corrected chi connectivity index (χ4v) is 2.33. The summed E-state index contributed by atoms with van der Waals surface area (Å²) in [5.74, 6) is 0. The maximum atomic E-state index is 5.79. The van der Waals surface area contributed by atoms with Gasteiger partial charge in [-0.3, -0.25) is 0 Å². The average molecular weight is 288 g/mol. The Kier molecular flexibility index (Phi) is 5.59. The quantitative estimate of drug-likeness (QED) is 0.622. The minimum Gasteiger partial charge on any atom is -0.407 e. The van der Waals surface area contributed by atoms with Crippen LogP contribution >= 0.6 is 0 Å². The van der Waals surface area contributed by atoms with Gasteiger partial charge in [0.15, 0.2) is 0 Å². The van der Waals surface area contributed by atoms with E-state index >= 15 is 0 Å². The van der Waals surface area contributed by atoms with E-state index in [9.17, 15) is 0 Å². The molecule has 2 rings (SSSR count). The Hall–Kier alpha value is -1.14. The normalized spacial score (nSPS) is 18.9. The van der Waals surface area contributed by atoms with Gasteiger partial charge in [-0.2, -0.15) is 0 Å². The molecule has 1 aromatic carbocycles. The van der Waals surface area contributed by atoms with Gasteiger partial charge in [-0.15, -0.1) is 0 Å². The lowest BCUT2D eigenvalue weighted by molar-refractivity contribution is 0.0343. The lowest BCUT2D eigenvalue weighted by Gasteiger charge is -2.33. The van der Waals surface area contributed by atoms with E-state index in [1.54, 1.807) is 0 Å². The summed E-state index contributed by atoms with van der Waals surface area (Å²) in [7, 11) is -0.249. The van der Waals surface area contributed by atoms with Gasteiger partial charge in [-0.05, 0) is 17.4 Å². The highest BCUT2D eigenvalue weighted by Crippen LogP contribution is 2.21. The largest absolute Gasteiger partial charge is 0.493 e. The first-order chi connectivity index (χ1) is 10.0. The van der Waals surface area contributed by atoms with Gasteiger partial charge >= 0.3 is 7.12 Å². The molecule has 1 aliphatic heterocycles. The minimum absolute atomic E-state index is 0.0967. The molecule has 0 saturated carbocycles. The highest BCUT2D eigenvalue weighted by atomic mass is 16.6. The van der Waals surface area contributed by atoms with E-state index in [4.69, 9.17) is 20.8 Å². The van der Waals surface area contributed by atoms with Gasteiger partial charge < -0.3 is 20.8 Å². The van der Waals surface area contributed by atoms with Gasteiger partial charge in [-0.25, -0.2) is 0 Å². The Balaban J connectivity index is 1.98. The maximum Gasteiger partial charge on any atom is 0.493 e. The Morgan fingerprint density at radius 3 is 2.33 bits per heavy atom. The van der Waals surface area contributed by atoms with E-state index in [2.05, 4.69) is 38.1 Å². The molecule has 4 nitrogen and oxygen atoms in total. The van der Waals surface area contributed by atoms with E-state index in [0.29, 0.717) is 13.1 Å². The number of nitrogens with two attached hydrogens (primary N) is 2. The predicted octanol–water partition coefficient (Wildman–Crippen LogP) is 0.841. The highest BCUT2D eigenvalue weighted by molar-refractivity contribution is 6.61. The lowest BCUT2D eigenvalue weighted by atomic mass is 9.75. The molecule has 0 aliphatic carbocycles. The van der Waals surface area contributed by atoms with Crippen LogP contribution in [0.25, 0.3) is 0 Å². The van der Waals surface area contributed by atoms with Gasteiger partial charge in [0.05, 0.1) is 0 Å². The zero-order chi connectivity index (χ0) is 15.3. The molecule has 1 aliphatic rings. The zero-order valence-electron chi connectivity index (χ0n) is 13.0. The molecule has 0 radical (unpaired) electrons. The molecule has 0 unspecified atom stereocenters. The molecule has 0 spiro atoms. The Morgan fingerprint density at radius 1 is 1.19 bits per heavy atom. The summed E-state index contributed by atoms with van der Waals surface area (Å²) < 4.78 is 11.6. The van der Waals surface area contributed by atoms with Gasteiger partial charge in [0.25, 0.3) is 0 Å². The summed E-state index contributed by atoms with van der Waals surface area (Å²) in [6, 6.07) is 8.33. The second kappa shape index (κ2) is 7.23. The maximum absolute atomic E-state index is 5.79. The minimum atomic E-state index is -0.249. The van der Waals surface area contributed by atoms with Crippen molar-refractivity contribution < 1.29 is 9.31 Å². The molecular weight excluding hydrogens is 263 g/mol. The second-order valence-corrected chi connectivity index (χ2v) is 6.34. The molecule has 0 aromatic heterocycles. The summed E-state index contributed by atoms with van der Waals surface area (Å²) in [6.45, 7) is 6.80. The summed E-state index contributed by atoms with van der Waals surface area (Å²) >= 11 is 0. The first kappa shape index (κ1) is 16.2. The Bertz CT molecular complexity index is 476. The number of hydrogen-bond donors (Lipinski definition) is 2. The standard InChI is InChI=1S/C16H25BN2O2/c1-16(2)11-20-17(21-12-16)15-5-3-13(4-6-15)9-14(10-19)7-8-18/h3-7H,8-12,18-19H2,1-2H3/b14-7-. The third-order valence-electron chi connectivity index (χ3n) is 3.60. The molecule has 1 heterocycles. The van der Waals surface area contributed by atoms with Crippen LogP contribution in [0.5, 0.6) is 0 Å². The average Bonchev–Trinajstić information content (AvgIpc) is 2.48. The van der Waals surface area contributed by atoms with Crippen LogP contribution in [0.15, 0.2) is 35.9 Å². The van der Waals surface area contributed by atoms with E-state index < -0.39 is 0 Å². The fraction of sp³-hybridized carbons (Fsp3) is 0.500. The first-order valence-electron chi connectivity index (χ1n) is 7.44. The van der Waals surface area contributed by atoms with Crippen molar-refractivity contribution in [2.75, 3.05) is 26.3 Å². The molecular formula is C16H25BN2O2. The smallest absolute Gasteiger partial charge is 0.407 e. The molecule has 4 N–H and O–H groups in total. The summed E-state index contributed by atoms with van der Waals surface area (Å²) in [4.78, 5) is 0. The molecule has 5 heteroatoms. The summed E-state index contributed by atoms with van der Waals surface area (Å²) in [5.41, 5.74) is 14.8. The van der Waals surface area contributed by atoms with E-state index in [-0.39, 0.29) is 12.5 Å². The van der Waals surface area contributed by atoms with Crippen LogP contribution < -0.4 is 16.9 Å². The van der Waals surface area contributed by atoms with Crippen LogP contribution in [0.4, 0.5) is 0 Å². The molecule has 0 amide bonds. The summed E-state index contributed by atoms with van der Waals surface area (Å²) in [6.07, 6.45) is 2.83. The van der Waals surface area contributed by atoms with Gasteiger partial charge in [0.1, 0.15) is 0 Å². The zero-order valence-corrected chi connectivity index (χ0v) is 13.0. The fourth-order valence-electron chi connectivity index (χ4n) is 2.33. The van der Waals surface area contributed by atoms with Crippen molar-refractivity contribution in [1.29, 1.82) is 0 Å². The van der Waals surface area contributed by atoms with Crippen LogP contribution in [-0.4, -0.2) is 33.4 Å². The molecule has 114 valence electrons. The van der Waals surface area contributed by atoms with E-state index in [1.807, 2.05) is 6.08 Å². The SMILES string of the molecule is CC1(C)COB(c2ccc(C/C(=C/CN)CN)cc2)OC1. The van der Waals surface area contributed by atoms with Crippen molar-refractivity contribution in [3.05, 3.63) is 41.5 Å². The molecule has 0 bridgehead atoms. The first-order valence-corrected chi connectivity index (χ1v) is 7.44. The van der Waals surface area contributed by atoms with Crippen molar-refractivity contribution in [3.63, 3.8) is 0 Å². The van der Waals surface area contributed by atoms with Crippen molar-refractivity contribution in [1.82, 2.24) is 0 Å². The van der Waals surface area contributed by atoms with Crippen molar-refractivity contribution in [2.24, 2.45) is 16.9 Å². The van der Waals surface area contributed by atoms with Crippen LogP contribution in [0.1, 0.15) is 19.4 Å². The van der Waals surface area contributed by atoms with Crippen LogP contribution in [-0.2, 0) is 15.7 Å². The molecule has 1 aromatic rings. The molecule has 1 saturated heterocycles. The molecule has 0 atom stereocenters. The third kappa shape index (κ3) is 4.68. The Morgan fingerprint density at radius 2 is 1.81 bits per heavy atom. The molecule has 21 heavy (non-hydrogen) atoms. The predicted molar refractivity (Wildman–Crippen MR) is 87.4 cm³/mol. The topological polar surface area (TPSA) is 70.5 Å². The number of hydrogen-bond acceptors (Lipinski definition) is 4. The monoisotopic (exact) mass is 288 g/mol. The lowest BCUT2D eigenvalue weighted by Crippen LogP contribution is -2.47. The molecule has 1 fully saturated rings. The summed E-state index contributed by atoms with van der Waals surface area (Å²) in [5, 5.41) is 0. The van der Waals surface area contributed by atoms with E-state index in [1.165, 1.54) is 5.56 Å². The van der Waals surface area contributed by atoms with Crippen LogP contribution in [0.3, 0.4) is 0 Å².